The van der Waals surface area contributed by atoms with E-state index >= 15 is 0 Å². The Morgan fingerprint density at radius 1 is 1.16 bits per heavy atom. The minimum Gasteiger partial charge on any atom is -0.444 e. The van der Waals surface area contributed by atoms with Crippen LogP contribution in [0.25, 0.3) is 0 Å². The summed E-state index contributed by atoms with van der Waals surface area (Å²) in [5.41, 5.74) is 1.92. The number of anilines is 2. The minimum absolute atomic E-state index is 0.125. The number of benzene rings is 1. The molecule has 2 aromatic rings. The van der Waals surface area contributed by atoms with Crippen molar-refractivity contribution in [1.82, 2.24) is 9.88 Å². The van der Waals surface area contributed by atoms with Crippen LogP contribution < -0.4 is 10.6 Å². The highest BCUT2D eigenvalue weighted by Gasteiger charge is 2.32. The number of hydrogen-bond acceptors (Lipinski definition) is 7. The Morgan fingerprint density at radius 2 is 1.81 bits per heavy atom. The van der Waals surface area contributed by atoms with E-state index in [1.54, 1.807) is 56.7 Å². The molecular formula is C22H30N4O5S. The summed E-state index contributed by atoms with van der Waals surface area (Å²) in [6.45, 7) is 9.13. The van der Waals surface area contributed by atoms with Crippen molar-refractivity contribution in [1.29, 1.82) is 0 Å². The van der Waals surface area contributed by atoms with Gasteiger partial charge in [0.25, 0.3) is 0 Å². The molecule has 32 heavy (non-hydrogen) atoms. The van der Waals surface area contributed by atoms with Crippen molar-refractivity contribution in [2.75, 3.05) is 17.7 Å². The molecule has 0 aliphatic heterocycles. The number of rotatable bonds is 7. The second kappa shape index (κ2) is 10.9. The lowest BCUT2D eigenvalue weighted by molar-refractivity contribution is -0.122. The molecule has 174 valence electrons. The van der Waals surface area contributed by atoms with E-state index in [2.05, 4.69) is 15.6 Å². The summed E-state index contributed by atoms with van der Waals surface area (Å²) in [6.07, 6.45) is 0.435. The van der Waals surface area contributed by atoms with Crippen molar-refractivity contribution in [3.63, 3.8) is 0 Å². The van der Waals surface area contributed by atoms with Gasteiger partial charge in [-0.3, -0.25) is 20.0 Å². The predicted molar refractivity (Wildman–Crippen MR) is 124 cm³/mol. The molecule has 2 N–H and O–H groups in total. The number of carbonyl (C=O) groups is 3. The van der Waals surface area contributed by atoms with Gasteiger partial charge < -0.3 is 14.8 Å². The minimum atomic E-state index is -0.745. The molecule has 3 amide bonds. The van der Waals surface area contributed by atoms with Crippen molar-refractivity contribution < 1.29 is 23.9 Å². The van der Waals surface area contributed by atoms with Gasteiger partial charge in [0.2, 0.25) is 5.91 Å². The molecule has 0 aliphatic carbocycles. The molecule has 2 rings (SSSR count). The fraction of sp³-hybridized carbons (Fsp3) is 0.455. The number of ether oxygens (including phenoxy) is 2. The van der Waals surface area contributed by atoms with Crippen LogP contribution in [0.2, 0.25) is 0 Å². The molecule has 1 aromatic heterocycles. The fourth-order valence-electron chi connectivity index (χ4n) is 2.87. The first-order valence-corrected chi connectivity index (χ1v) is 11.0. The van der Waals surface area contributed by atoms with Crippen LogP contribution in [0.5, 0.6) is 0 Å². The van der Waals surface area contributed by atoms with E-state index in [4.69, 9.17) is 9.47 Å². The molecule has 1 aromatic carbocycles. The summed E-state index contributed by atoms with van der Waals surface area (Å²) in [4.78, 5) is 43.5. The summed E-state index contributed by atoms with van der Waals surface area (Å²) < 4.78 is 10.5. The van der Waals surface area contributed by atoms with Crippen molar-refractivity contribution in [3.05, 3.63) is 40.8 Å². The number of nitrogens with one attached hydrogen (secondary N) is 2. The summed E-state index contributed by atoms with van der Waals surface area (Å²) in [5.74, 6) is -0.520. The van der Waals surface area contributed by atoms with E-state index in [0.717, 1.165) is 4.88 Å². The van der Waals surface area contributed by atoms with E-state index in [9.17, 15) is 14.4 Å². The largest absolute Gasteiger partial charge is 0.444 e. The van der Waals surface area contributed by atoms with E-state index in [1.165, 1.54) is 23.3 Å². The van der Waals surface area contributed by atoms with Gasteiger partial charge in [-0.1, -0.05) is 19.9 Å². The Labute approximate surface area is 192 Å². The highest BCUT2D eigenvalue weighted by atomic mass is 32.1. The SMILES string of the molecule is CC(C)[C@@H](C(=O)Nc1cccc(NC(=O)OCc2cncs2)c1)N(C)C(=O)OC(C)(C)C. The van der Waals surface area contributed by atoms with Gasteiger partial charge in [-0.05, 0) is 44.9 Å². The third-order valence-corrected chi connectivity index (χ3v) is 4.96. The summed E-state index contributed by atoms with van der Waals surface area (Å²) in [6, 6.07) is 5.92. The van der Waals surface area contributed by atoms with Gasteiger partial charge in [0.15, 0.2) is 0 Å². The zero-order valence-corrected chi connectivity index (χ0v) is 20.0. The van der Waals surface area contributed by atoms with Crippen LogP contribution in [0.15, 0.2) is 36.0 Å². The topological polar surface area (TPSA) is 110 Å². The molecule has 0 unspecified atom stereocenters. The zero-order valence-electron chi connectivity index (χ0n) is 19.2. The molecule has 9 nitrogen and oxygen atoms in total. The maximum absolute atomic E-state index is 13.0. The maximum Gasteiger partial charge on any atom is 0.411 e. The summed E-state index contributed by atoms with van der Waals surface area (Å²) in [5, 5.41) is 5.43. The first-order chi connectivity index (χ1) is 15.0. The molecule has 1 atom stereocenters. The third kappa shape index (κ3) is 7.84. The third-order valence-electron chi connectivity index (χ3n) is 4.20. The van der Waals surface area contributed by atoms with Crippen LogP contribution in [0, 0.1) is 5.92 Å². The first-order valence-electron chi connectivity index (χ1n) is 10.1. The zero-order chi connectivity index (χ0) is 23.9. The lowest BCUT2D eigenvalue weighted by Gasteiger charge is -2.32. The van der Waals surface area contributed by atoms with Gasteiger partial charge in [-0.2, -0.15) is 0 Å². The van der Waals surface area contributed by atoms with Gasteiger partial charge >= 0.3 is 12.2 Å². The van der Waals surface area contributed by atoms with Crippen LogP contribution in [-0.2, 0) is 20.9 Å². The smallest absolute Gasteiger partial charge is 0.411 e. The van der Waals surface area contributed by atoms with Gasteiger partial charge in [0, 0.05) is 24.6 Å². The normalized spacial score (nSPS) is 12.1. The fourth-order valence-corrected chi connectivity index (χ4v) is 3.37. The highest BCUT2D eigenvalue weighted by Crippen LogP contribution is 2.20. The van der Waals surface area contributed by atoms with Gasteiger partial charge in [0.1, 0.15) is 18.2 Å². The molecule has 0 spiro atoms. The van der Waals surface area contributed by atoms with Gasteiger partial charge in [-0.15, -0.1) is 11.3 Å². The Hall–Kier alpha value is -3.14. The molecule has 10 heteroatoms. The van der Waals surface area contributed by atoms with Crippen molar-refractivity contribution in [3.8, 4) is 0 Å². The van der Waals surface area contributed by atoms with Crippen LogP contribution in [0.1, 0.15) is 39.5 Å². The number of amides is 3. The second-order valence-corrected chi connectivity index (χ2v) is 9.49. The number of thiazole rings is 1. The van der Waals surface area contributed by atoms with Crippen LogP contribution in [0.4, 0.5) is 21.0 Å². The average molecular weight is 463 g/mol. The lowest BCUT2D eigenvalue weighted by Crippen LogP contribution is -2.49. The lowest BCUT2D eigenvalue weighted by atomic mass is 10.0. The number of hydrogen-bond donors (Lipinski definition) is 2. The van der Waals surface area contributed by atoms with E-state index in [0.29, 0.717) is 11.4 Å². The number of nitrogens with zero attached hydrogens (tertiary/aromatic N) is 2. The Bertz CT molecular complexity index is 925. The number of likely N-dealkylation sites (N-methyl/N-ethyl adjacent to an activating group) is 1. The Morgan fingerprint density at radius 3 is 2.38 bits per heavy atom. The second-order valence-electron chi connectivity index (χ2n) is 8.52. The van der Waals surface area contributed by atoms with Crippen LogP contribution >= 0.6 is 11.3 Å². The summed E-state index contributed by atoms with van der Waals surface area (Å²) in [7, 11) is 1.54. The molecular weight excluding hydrogens is 432 g/mol. The molecule has 0 radical (unpaired) electrons. The number of carbonyl (C=O) groups excluding carboxylic acids is 3. The summed E-state index contributed by atoms with van der Waals surface area (Å²) >= 11 is 1.39. The van der Waals surface area contributed by atoms with Crippen LogP contribution in [0.3, 0.4) is 0 Å². The van der Waals surface area contributed by atoms with Gasteiger partial charge in [0.05, 0.1) is 10.4 Å². The average Bonchev–Trinajstić information content (AvgIpc) is 3.18. The first kappa shape index (κ1) is 25.1. The van der Waals surface area contributed by atoms with Crippen molar-refractivity contribution >= 4 is 40.8 Å². The van der Waals surface area contributed by atoms with Gasteiger partial charge in [-0.25, -0.2) is 9.59 Å². The quantitative estimate of drug-likeness (QED) is 0.616. The Kier molecular flexibility index (Phi) is 8.59. The predicted octanol–water partition coefficient (Wildman–Crippen LogP) is 4.72. The molecule has 1 heterocycles. The highest BCUT2D eigenvalue weighted by molar-refractivity contribution is 7.09. The monoisotopic (exact) mass is 462 g/mol. The van der Waals surface area contributed by atoms with E-state index in [1.807, 2.05) is 13.8 Å². The van der Waals surface area contributed by atoms with E-state index in [-0.39, 0.29) is 18.4 Å². The maximum atomic E-state index is 13.0. The van der Waals surface area contributed by atoms with Crippen LogP contribution in [-0.4, -0.2) is 46.7 Å². The van der Waals surface area contributed by atoms with Crippen molar-refractivity contribution in [2.24, 2.45) is 5.92 Å². The molecule has 0 fully saturated rings. The van der Waals surface area contributed by atoms with E-state index < -0.39 is 23.8 Å². The molecule has 0 saturated carbocycles. The number of aromatic nitrogens is 1. The molecule has 0 bridgehead atoms. The molecule has 0 aliphatic rings. The standard InChI is InChI=1S/C22H30N4O5S/c1-14(2)18(26(6)21(29)31-22(3,4)5)19(27)24-15-8-7-9-16(10-15)25-20(28)30-12-17-11-23-13-32-17/h7-11,13-14,18H,12H2,1-6H3,(H,24,27)(H,25,28)/t18-/m0/s1. The van der Waals surface area contributed by atoms with Crippen molar-refractivity contribution in [2.45, 2.75) is 52.9 Å². The molecule has 0 saturated heterocycles. The Balaban J connectivity index is 2.01.